The van der Waals surface area contributed by atoms with Gasteiger partial charge in [-0.1, -0.05) is 24.3 Å². The van der Waals surface area contributed by atoms with Crippen molar-refractivity contribution in [2.45, 2.75) is 32.8 Å². The Morgan fingerprint density at radius 2 is 1.55 bits per heavy atom. The Balaban J connectivity index is 1.39. The van der Waals surface area contributed by atoms with Crippen LogP contribution in [-0.4, -0.2) is 66.2 Å². The van der Waals surface area contributed by atoms with Crippen LogP contribution >= 0.6 is 0 Å². The number of aliphatic hydroxyl groups excluding tert-OH is 1. The monoisotopic (exact) mass is 431 g/mol. The minimum absolute atomic E-state index is 0.0290. The Bertz CT molecular complexity index is 858. The molecule has 0 aliphatic carbocycles. The fourth-order valence-corrected chi connectivity index (χ4v) is 4.00. The van der Waals surface area contributed by atoms with E-state index in [1.54, 1.807) is 0 Å². The Morgan fingerprint density at radius 3 is 2.16 bits per heavy atom. The summed E-state index contributed by atoms with van der Waals surface area (Å²) in [7, 11) is 0. The summed E-state index contributed by atoms with van der Waals surface area (Å²) in [6.45, 7) is 7.68. The average molecular weight is 432 g/mol. The highest BCUT2D eigenvalue weighted by Gasteiger charge is 2.21. The largest absolute Gasteiger partial charge is 0.392 e. The van der Waals surface area contributed by atoms with E-state index in [1.165, 1.54) is 18.2 Å². The van der Waals surface area contributed by atoms with Gasteiger partial charge in [-0.15, -0.1) is 0 Å². The lowest BCUT2D eigenvalue weighted by atomic mass is 10.0. The first kappa shape index (κ1) is 23.3. The number of aliphatic hydroxyl groups is 1. The molecule has 1 atom stereocenters. The van der Waals surface area contributed by atoms with Crippen LogP contribution in [0, 0.1) is 25.5 Å². The highest BCUT2D eigenvalue weighted by Crippen LogP contribution is 2.19. The first-order valence-corrected chi connectivity index (χ1v) is 10.7. The van der Waals surface area contributed by atoms with Crippen LogP contribution in [-0.2, 0) is 11.2 Å². The van der Waals surface area contributed by atoms with Crippen LogP contribution in [0.4, 0.5) is 14.5 Å². The van der Waals surface area contributed by atoms with Crippen LogP contribution in [0.3, 0.4) is 0 Å². The van der Waals surface area contributed by atoms with Gasteiger partial charge >= 0.3 is 0 Å². The second-order valence-corrected chi connectivity index (χ2v) is 8.28. The third-order valence-corrected chi connectivity index (χ3v) is 5.84. The molecule has 31 heavy (non-hydrogen) atoms. The highest BCUT2D eigenvalue weighted by molar-refractivity contribution is 5.93. The van der Waals surface area contributed by atoms with E-state index in [2.05, 4.69) is 15.1 Å². The first-order valence-electron chi connectivity index (χ1n) is 10.7. The Morgan fingerprint density at radius 1 is 1.00 bits per heavy atom. The lowest BCUT2D eigenvalue weighted by Gasteiger charge is -2.35. The minimum Gasteiger partial charge on any atom is -0.392 e. The first-order chi connectivity index (χ1) is 14.8. The second-order valence-electron chi connectivity index (χ2n) is 8.28. The van der Waals surface area contributed by atoms with Crippen LogP contribution in [0.1, 0.15) is 23.1 Å². The van der Waals surface area contributed by atoms with Crippen molar-refractivity contribution in [1.82, 2.24) is 9.80 Å². The maximum Gasteiger partial charge on any atom is 0.238 e. The molecule has 2 aromatic carbocycles. The molecule has 1 amide bonds. The van der Waals surface area contributed by atoms with Gasteiger partial charge in [-0.05, 0) is 49.9 Å². The number of hydrogen-bond donors (Lipinski definition) is 2. The predicted molar refractivity (Wildman–Crippen MR) is 118 cm³/mol. The van der Waals surface area contributed by atoms with E-state index < -0.39 is 17.7 Å². The molecule has 1 unspecified atom stereocenters. The van der Waals surface area contributed by atoms with Gasteiger partial charge in [0.25, 0.3) is 0 Å². The van der Waals surface area contributed by atoms with Gasteiger partial charge in [-0.25, -0.2) is 8.78 Å². The van der Waals surface area contributed by atoms with E-state index >= 15 is 0 Å². The molecule has 0 saturated carbocycles. The number of nitrogens with one attached hydrogen (secondary N) is 1. The van der Waals surface area contributed by atoms with Gasteiger partial charge in [0.2, 0.25) is 5.91 Å². The number of carbonyl (C=O) groups excluding carboxylic acids is 1. The molecule has 3 rings (SSSR count). The third-order valence-electron chi connectivity index (χ3n) is 5.84. The minimum atomic E-state index is -0.655. The Kier molecular flexibility index (Phi) is 8.12. The molecule has 1 aliphatic heterocycles. The van der Waals surface area contributed by atoms with Crippen LogP contribution < -0.4 is 5.32 Å². The number of carbonyl (C=O) groups is 1. The summed E-state index contributed by atoms with van der Waals surface area (Å²) in [5, 5.41) is 13.3. The molecule has 0 radical (unpaired) electrons. The van der Waals surface area contributed by atoms with Gasteiger partial charge in [-0.3, -0.25) is 14.6 Å². The number of anilines is 1. The quantitative estimate of drug-likeness (QED) is 0.674. The standard InChI is InChI=1S/C24H31F2N3O2/c1-17-5-3-6-18(2)24(17)27-23(31)16-29-13-11-28(12-14-29)15-19(30)9-10-20-21(25)7-4-8-22(20)26/h3-8,19,30H,9-16H2,1-2H3,(H,27,31). The highest BCUT2D eigenvalue weighted by atomic mass is 19.1. The van der Waals surface area contributed by atoms with Crippen LogP contribution in [0.25, 0.3) is 0 Å². The predicted octanol–water partition coefficient (Wildman–Crippen LogP) is 3.13. The number of hydrogen-bond acceptors (Lipinski definition) is 4. The van der Waals surface area contributed by atoms with E-state index in [4.69, 9.17) is 0 Å². The summed E-state index contributed by atoms with van der Waals surface area (Å²) in [6, 6.07) is 9.75. The molecular formula is C24H31F2N3O2. The zero-order valence-electron chi connectivity index (χ0n) is 18.2. The van der Waals surface area contributed by atoms with Crippen LogP contribution in [0.5, 0.6) is 0 Å². The molecule has 2 N–H and O–H groups in total. The molecular weight excluding hydrogens is 400 g/mol. The molecule has 1 fully saturated rings. The summed E-state index contributed by atoms with van der Waals surface area (Å²) >= 11 is 0. The SMILES string of the molecule is Cc1cccc(C)c1NC(=O)CN1CCN(CC(O)CCc2c(F)cccc2F)CC1. The maximum absolute atomic E-state index is 13.7. The smallest absolute Gasteiger partial charge is 0.238 e. The van der Waals surface area contributed by atoms with Gasteiger partial charge in [0.05, 0.1) is 12.6 Å². The number of benzene rings is 2. The maximum atomic E-state index is 13.7. The molecule has 5 nitrogen and oxygen atoms in total. The van der Waals surface area contributed by atoms with Gasteiger partial charge in [0, 0.05) is 44.0 Å². The number of aryl methyl sites for hydroxylation is 2. The van der Waals surface area contributed by atoms with E-state index in [0.29, 0.717) is 19.5 Å². The molecule has 1 heterocycles. The lowest BCUT2D eigenvalue weighted by Crippen LogP contribution is -2.50. The van der Waals surface area contributed by atoms with Gasteiger partial charge in [0.15, 0.2) is 0 Å². The van der Waals surface area contributed by atoms with Crippen molar-refractivity contribution >= 4 is 11.6 Å². The summed E-state index contributed by atoms with van der Waals surface area (Å²) in [4.78, 5) is 16.7. The van der Waals surface area contributed by atoms with E-state index in [9.17, 15) is 18.7 Å². The average Bonchev–Trinajstić information content (AvgIpc) is 2.72. The van der Waals surface area contributed by atoms with Crippen molar-refractivity contribution in [1.29, 1.82) is 0 Å². The Labute approximate surface area is 182 Å². The topological polar surface area (TPSA) is 55.8 Å². The van der Waals surface area contributed by atoms with Gasteiger partial charge in [0.1, 0.15) is 11.6 Å². The number of para-hydroxylation sites is 1. The number of nitrogens with zero attached hydrogens (tertiary/aromatic N) is 2. The van der Waals surface area contributed by atoms with E-state index in [0.717, 1.165) is 43.0 Å². The lowest BCUT2D eigenvalue weighted by molar-refractivity contribution is -0.117. The van der Waals surface area contributed by atoms with E-state index in [-0.39, 0.29) is 17.9 Å². The number of β-amino-alcohol motifs (C(OH)–C–C–N with tert-alkyl or cyclic N) is 1. The molecule has 0 bridgehead atoms. The fourth-order valence-electron chi connectivity index (χ4n) is 4.00. The molecule has 1 aliphatic rings. The summed E-state index contributed by atoms with van der Waals surface area (Å²) < 4.78 is 27.4. The van der Waals surface area contributed by atoms with E-state index in [1.807, 2.05) is 32.0 Å². The summed E-state index contributed by atoms with van der Waals surface area (Å²) in [6.07, 6.45) is -0.188. The third kappa shape index (κ3) is 6.56. The zero-order valence-corrected chi connectivity index (χ0v) is 18.2. The molecule has 1 saturated heterocycles. The zero-order chi connectivity index (χ0) is 22.4. The van der Waals surface area contributed by atoms with Crippen molar-refractivity contribution in [2.24, 2.45) is 0 Å². The van der Waals surface area contributed by atoms with Crippen molar-refractivity contribution in [3.63, 3.8) is 0 Å². The van der Waals surface area contributed by atoms with Gasteiger partial charge in [-0.2, -0.15) is 0 Å². The Hall–Kier alpha value is -2.35. The molecule has 168 valence electrons. The van der Waals surface area contributed by atoms with Crippen molar-refractivity contribution in [3.05, 3.63) is 64.7 Å². The second kappa shape index (κ2) is 10.8. The molecule has 7 heteroatoms. The number of rotatable bonds is 8. The summed E-state index contributed by atoms with van der Waals surface area (Å²) in [5.41, 5.74) is 2.99. The van der Waals surface area contributed by atoms with Crippen molar-refractivity contribution in [2.75, 3.05) is 44.6 Å². The number of piperazine rings is 1. The van der Waals surface area contributed by atoms with Crippen molar-refractivity contribution in [3.8, 4) is 0 Å². The van der Waals surface area contributed by atoms with Crippen LogP contribution in [0.15, 0.2) is 36.4 Å². The molecule has 0 spiro atoms. The normalized spacial score (nSPS) is 16.3. The molecule has 0 aromatic heterocycles. The molecule has 2 aromatic rings. The summed E-state index contributed by atoms with van der Waals surface area (Å²) in [5.74, 6) is -1.17. The fraction of sp³-hybridized carbons (Fsp3) is 0.458. The van der Waals surface area contributed by atoms with Crippen LogP contribution in [0.2, 0.25) is 0 Å². The van der Waals surface area contributed by atoms with Gasteiger partial charge < -0.3 is 10.4 Å². The number of halogens is 2. The number of amides is 1. The van der Waals surface area contributed by atoms with Crippen molar-refractivity contribution < 1.29 is 18.7 Å².